The first kappa shape index (κ1) is 22.5. The van der Waals surface area contributed by atoms with Crippen molar-refractivity contribution >= 4 is 16.5 Å². The zero-order chi connectivity index (χ0) is 23.1. The van der Waals surface area contributed by atoms with Crippen LogP contribution >= 0.6 is 11.3 Å². The Balaban J connectivity index is 1.57. The SMILES string of the molecule is COc1cc(-c2ccn(C)c(=O)c2)ccc1-c1nnc(NC2CC(C)(C)NC(C)(C)C2)s1. The minimum absolute atomic E-state index is 0.0466. The van der Waals surface area contributed by atoms with Gasteiger partial charge in [-0.1, -0.05) is 17.4 Å². The average Bonchev–Trinajstić information content (AvgIpc) is 3.15. The molecule has 0 amide bonds. The Labute approximate surface area is 192 Å². The lowest BCUT2D eigenvalue weighted by Gasteiger charge is -2.46. The Morgan fingerprint density at radius 3 is 2.44 bits per heavy atom. The maximum atomic E-state index is 12.0. The molecule has 0 radical (unpaired) electrons. The molecule has 0 bridgehead atoms. The van der Waals surface area contributed by atoms with Crippen LogP contribution in [0.3, 0.4) is 0 Å². The number of pyridine rings is 1. The zero-order valence-electron chi connectivity index (χ0n) is 19.5. The second-order valence-corrected chi connectivity index (χ2v) is 10.8. The smallest absolute Gasteiger partial charge is 0.250 e. The van der Waals surface area contributed by atoms with Gasteiger partial charge in [0.1, 0.15) is 5.75 Å². The van der Waals surface area contributed by atoms with Crippen LogP contribution < -0.4 is 20.9 Å². The van der Waals surface area contributed by atoms with Crippen molar-refractivity contribution in [3.05, 3.63) is 46.9 Å². The number of anilines is 1. The van der Waals surface area contributed by atoms with Crippen LogP contribution in [-0.4, -0.2) is 39.0 Å². The van der Waals surface area contributed by atoms with Crippen molar-refractivity contribution in [2.45, 2.75) is 57.7 Å². The van der Waals surface area contributed by atoms with Crippen LogP contribution in [0.15, 0.2) is 41.3 Å². The molecule has 3 heterocycles. The van der Waals surface area contributed by atoms with Gasteiger partial charge in [-0.3, -0.25) is 4.79 Å². The highest BCUT2D eigenvalue weighted by atomic mass is 32.1. The van der Waals surface area contributed by atoms with E-state index in [0.717, 1.165) is 39.7 Å². The molecule has 170 valence electrons. The van der Waals surface area contributed by atoms with Gasteiger partial charge in [0.15, 0.2) is 5.01 Å². The van der Waals surface area contributed by atoms with E-state index >= 15 is 0 Å². The summed E-state index contributed by atoms with van der Waals surface area (Å²) < 4.78 is 7.21. The molecule has 1 fully saturated rings. The third-order valence-corrected chi connectivity index (χ3v) is 6.70. The number of ether oxygens (including phenoxy) is 1. The molecule has 0 saturated carbocycles. The maximum absolute atomic E-state index is 12.0. The highest BCUT2D eigenvalue weighted by molar-refractivity contribution is 7.18. The number of nitrogens with one attached hydrogen (secondary N) is 2. The first-order valence-electron chi connectivity index (χ1n) is 10.8. The first-order valence-corrected chi connectivity index (χ1v) is 11.6. The molecule has 1 aromatic carbocycles. The number of methoxy groups -OCH3 is 1. The minimum atomic E-state index is -0.0466. The summed E-state index contributed by atoms with van der Waals surface area (Å²) in [7, 11) is 3.38. The predicted octanol–water partition coefficient (Wildman–Crippen LogP) is 4.30. The summed E-state index contributed by atoms with van der Waals surface area (Å²) in [6.45, 7) is 8.96. The largest absolute Gasteiger partial charge is 0.496 e. The van der Waals surface area contributed by atoms with E-state index in [9.17, 15) is 4.79 Å². The summed E-state index contributed by atoms with van der Waals surface area (Å²) in [5.74, 6) is 0.704. The Morgan fingerprint density at radius 1 is 1.09 bits per heavy atom. The topological polar surface area (TPSA) is 81.1 Å². The molecule has 0 spiro atoms. The molecule has 0 aliphatic carbocycles. The average molecular weight is 454 g/mol. The number of hydrogen-bond donors (Lipinski definition) is 2. The molecule has 0 atom stereocenters. The quantitative estimate of drug-likeness (QED) is 0.600. The van der Waals surface area contributed by atoms with Crippen molar-refractivity contribution in [2.24, 2.45) is 7.05 Å². The number of rotatable bonds is 5. The van der Waals surface area contributed by atoms with Crippen molar-refractivity contribution < 1.29 is 4.74 Å². The van der Waals surface area contributed by atoms with Crippen molar-refractivity contribution in [2.75, 3.05) is 12.4 Å². The first-order chi connectivity index (χ1) is 15.0. The van der Waals surface area contributed by atoms with E-state index < -0.39 is 0 Å². The van der Waals surface area contributed by atoms with E-state index in [1.807, 2.05) is 24.3 Å². The highest BCUT2D eigenvalue weighted by Crippen LogP contribution is 2.37. The van der Waals surface area contributed by atoms with Gasteiger partial charge in [-0.05, 0) is 69.9 Å². The summed E-state index contributed by atoms with van der Waals surface area (Å²) >= 11 is 1.53. The standard InChI is InChI=1S/C24H31N5O2S/c1-23(2)13-17(14-24(3,4)28-23)25-22-27-26-21(32-22)18-8-7-15(11-19(18)31-6)16-9-10-29(5)20(30)12-16/h7-12,17,28H,13-14H2,1-6H3,(H,25,27). The number of aryl methyl sites for hydroxylation is 1. The van der Waals surface area contributed by atoms with Crippen molar-refractivity contribution in [1.29, 1.82) is 0 Å². The zero-order valence-corrected chi connectivity index (χ0v) is 20.3. The highest BCUT2D eigenvalue weighted by Gasteiger charge is 2.37. The van der Waals surface area contributed by atoms with Crippen LogP contribution in [0.4, 0.5) is 5.13 Å². The Kier molecular flexibility index (Phi) is 5.85. The van der Waals surface area contributed by atoms with Gasteiger partial charge in [-0.15, -0.1) is 10.2 Å². The molecule has 2 N–H and O–H groups in total. The van der Waals surface area contributed by atoms with E-state index in [-0.39, 0.29) is 16.6 Å². The second-order valence-electron chi connectivity index (χ2n) is 9.83. The molecule has 1 saturated heterocycles. The summed E-state index contributed by atoms with van der Waals surface area (Å²) in [5, 5.41) is 17.7. The minimum Gasteiger partial charge on any atom is -0.496 e. The molecule has 0 unspecified atom stereocenters. The van der Waals surface area contributed by atoms with Crippen LogP contribution in [0.2, 0.25) is 0 Å². The summed E-state index contributed by atoms with van der Waals surface area (Å²) in [6, 6.07) is 9.78. The van der Waals surface area contributed by atoms with Gasteiger partial charge < -0.3 is 19.9 Å². The van der Waals surface area contributed by atoms with Crippen molar-refractivity contribution in [1.82, 2.24) is 20.1 Å². The van der Waals surface area contributed by atoms with Gasteiger partial charge in [0.05, 0.1) is 12.7 Å². The summed E-state index contributed by atoms with van der Waals surface area (Å²) in [4.78, 5) is 12.0. The van der Waals surface area contributed by atoms with Gasteiger partial charge in [0.25, 0.3) is 5.56 Å². The van der Waals surface area contributed by atoms with Gasteiger partial charge in [0, 0.05) is 36.4 Å². The number of piperidine rings is 1. The molecule has 1 aliphatic rings. The summed E-state index contributed by atoms with van der Waals surface area (Å²) in [6.07, 6.45) is 3.80. The van der Waals surface area contributed by atoms with Crippen molar-refractivity contribution in [3.8, 4) is 27.4 Å². The lowest BCUT2D eigenvalue weighted by Crippen LogP contribution is -2.60. The second kappa shape index (κ2) is 8.33. The molecule has 32 heavy (non-hydrogen) atoms. The van der Waals surface area contributed by atoms with E-state index in [1.54, 1.807) is 31.0 Å². The molecule has 3 aromatic rings. The Morgan fingerprint density at radius 2 is 1.78 bits per heavy atom. The normalized spacial score (nSPS) is 17.8. The summed E-state index contributed by atoms with van der Waals surface area (Å²) in [5.41, 5.74) is 2.74. The third-order valence-electron chi connectivity index (χ3n) is 5.81. The number of hydrogen-bond acceptors (Lipinski definition) is 7. The van der Waals surface area contributed by atoms with Crippen LogP contribution in [-0.2, 0) is 7.05 Å². The van der Waals surface area contributed by atoms with Crippen LogP contribution in [0, 0.1) is 0 Å². The fraction of sp³-hybridized carbons (Fsp3) is 0.458. The Bertz CT molecular complexity index is 1170. The van der Waals surface area contributed by atoms with Gasteiger partial charge in [0.2, 0.25) is 5.13 Å². The monoisotopic (exact) mass is 453 g/mol. The van der Waals surface area contributed by atoms with Crippen LogP contribution in [0.1, 0.15) is 40.5 Å². The number of benzene rings is 1. The van der Waals surface area contributed by atoms with Crippen molar-refractivity contribution in [3.63, 3.8) is 0 Å². The lowest BCUT2D eigenvalue weighted by molar-refractivity contribution is 0.170. The molecule has 2 aromatic heterocycles. The maximum Gasteiger partial charge on any atom is 0.250 e. The molecular formula is C24H31N5O2S. The molecule has 4 rings (SSSR count). The predicted molar refractivity (Wildman–Crippen MR) is 131 cm³/mol. The van der Waals surface area contributed by atoms with E-state index in [4.69, 9.17) is 4.74 Å². The fourth-order valence-corrected chi connectivity index (χ4v) is 5.62. The fourth-order valence-electron chi connectivity index (χ4n) is 4.76. The van der Waals surface area contributed by atoms with Crippen LogP contribution in [0.25, 0.3) is 21.7 Å². The molecular weight excluding hydrogens is 422 g/mol. The van der Waals surface area contributed by atoms with E-state index in [1.165, 1.54) is 11.3 Å². The molecule has 8 heteroatoms. The lowest BCUT2D eigenvalue weighted by atomic mass is 9.80. The number of aromatic nitrogens is 3. The van der Waals surface area contributed by atoms with Gasteiger partial charge >= 0.3 is 0 Å². The van der Waals surface area contributed by atoms with Crippen LogP contribution in [0.5, 0.6) is 5.75 Å². The molecule has 7 nitrogen and oxygen atoms in total. The third kappa shape index (κ3) is 4.86. The van der Waals surface area contributed by atoms with Gasteiger partial charge in [-0.25, -0.2) is 0 Å². The Hall–Kier alpha value is -2.71. The van der Waals surface area contributed by atoms with Gasteiger partial charge in [-0.2, -0.15) is 0 Å². The van der Waals surface area contributed by atoms with E-state index in [2.05, 4.69) is 48.5 Å². The number of nitrogens with zero attached hydrogens (tertiary/aromatic N) is 3. The van der Waals surface area contributed by atoms with E-state index in [0.29, 0.717) is 11.8 Å². The molecule has 1 aliphatic heterocycles.